The van der Waals surface area contributed by atoms with Gasteiger partial charge in [0.25, 0.3) is 0 Å². The first-order valence-electron chi connectivity index (χ1n) is 8.48. The summed E-state index contributed by atoms with van der Waals surface area (Å²) in [5.74, 6) is 2.68. The zero-order valence-corrected chi connectivity index (χ0v) is 16.0. The number of hydrogen-bond acceptors (Lipinski definition) is 7. The predicted octanol–water partition coefficient (Wildman–Crippen LogP) is 4.44. The fourth-order valence-corrected chi connectivity index (χ4v) is 2.70. The molecule has 3 rings (SSSR count). The molecule has 0 fully saturated rings. The van der Waals surface area contributed by atoms with Crippen LogP contribution in [0.1, 0.15) is 5.82 Å². The predicted molar refractivity (Wildman–Crippen MR) is 106 cm³/mol. The van der Waals surface area contributed by atoms with E-state index < -0.39 is 0 Å². The number of anilines is 4. The maximum atomic E-state index is 13.9. The van der Waals surface area contributed by atoms with Gasteiger partial charge in [-0.25, -0.2) is 14.4 Å². The van der Waals surface area contributed by atoms with Gasteiger partial charge in [0.1, 0.15) is 23.3 Å². The van der Waals surface area contributed by atoms with Crippen LogP contribution < -0.4 is 24.8 Å². The van der Waals surface area contributed by atoms with Crippen molar-refractivity contribution in [2.24, 2.45) is 0 Å². The minimum atomic E-state index is -0.363. The fourth-order valence-electron chi connectivity index (χ4n) is 2.70. The van der Waals surface area contributed by atoms with Crippen molar-refractivity contribution in [2.45, 2.75) is 6.92 Å². The van der Waals surface area contributed by atoms with Crippen molar-refractivity contribution in [1.29, 1.82) is 0 Å². The van der Waals surface area contributed by atoms with Crippen LogP contribution in [0.5, 0.6) is 17.2 Å². The van der Waals surface area contributed by atoms with Crippen LogP contribution in [0.15, 0.2) is 42.5 Å². The monoisotopic (exact) mass is 384 g/mol. The van der Waals surface area contributed by atoms with Crippen LogP contribution in [0.25, 0.3) is 0 Å². The number of nitrogens with zero attached hydrogens (tertiary/aromatic N) is 2. The van der Waals surface area contributed by atoms with Gasteiger partial charge in [-0.3, -0.25) is 0 Å². The maximum Gasteiger partial charge on any atom is 0.203 e. The van der Waals surface area contributed by atoms with Crippen LogP contribution in [0.2, 0.25) is 0 Å². The Morgan fingerprint density at radius 3 is 2.00 bits per heavy atom. The number of rotatable bonds is 7. The molecule has 0 bridgehead atoms. The molecular weight excluding hydrogens is 363 g/mol. The maximum absolute atomic E-state index is 13.9. The lowest BCUT2D eigenvalue weighted by Crippen LogP contribution is -2.03. The number of aryl methyl sites for hydroxylation is 1. The molecule has 1 heterocycles. The number of methoxy groups -OCH3 is 3. The molecule has 0 aliphatic rings. The molecule has 8 heteroatoms. The third kappa shape index (κ3) is 4.22. The first-order chi connectivity index (χ1) is 13.5. The summed E-state index contributed by atoms with van der Waals surface area (Å²) < 4.78 is 30.0. The number of nitrogens with one attached hydrogen (secondary N) is 2. The SMILES string of the molecule is COc1cc(Nc2cc(Nc3ccccc3F)nc(C)n2)cc(OC)c1OC. The Kier molecular flexibility index (Phi) is 5.78. The summed E-state index contributed by atoms with van der Waals surface area (Å²) in [5.41, 5.74) is 1.02. The van der Waals surface area contributed by atoms with Crippen molar-refractivity contribution in [1.82, 2.24) is 9.97 Å². The van der Waals surface area contributed by atoms with Gasteiger partial charge in [0.2, 0.25) is 5.75 Å². The van der Waals surface area contributed by atoms with E-state index in [4.69, 9.17) is 14.2 Å². The van der Waals surface area contributed by atoms with E-state index in [1.165, 1.54) is 6.07 Å². The highest BCUT2D eigenvalue weighted by atomic mass is 19.1. The highest BCUT2D eigenvalue weighted by Crippen LogP contribution is 2.40. The second-order valence-electron chi connectivity index (χ2n) is 5.83. The Bertz CT molecular complexity index is 956. The molecule has 0 saturated carbocycles. The van der Waals surface area contributed by atoms with Gasteiger partial charge < -0.3 is 24.8 Å². The van der Waals surface area contributed by atoms with E-state index in [1.54, 1.807) is 64.7 Å². The Labute approximate surface area is 162 Å². The molecule has 3 aromatic rings. The van der Waals surface area contributed by atoms with E-state index in [-0.39, 0.29) is 5.82 Å². The topological polar surface area (TPSA) is 77.5 Å². The number of aromatic nitrogens is 2. The van der Waals surface area contributed by atoms with Crippen LogP contribution in [0, 0.1) is 12.7 Å². The molecule has 0 atom stereocenters. The van der Waals surface area contributed by atoms with E-state index in [1.807, 2.05) is 0 Å². The molecule has 0 aliphatic carbocycles. The average Bonchev–Trinajstić information content (AvgIpc) is 2.68. The normalized spacial score (nSPS) is 10.3. The summed E-state index contributed by atoms with van der Waals surface area (Å²) in [5, 5.41) is 6.15. The summed E-state index contributed by atoms with van der Waals surface area (Å²) >= 11 is 0. The molecule has 7 nitrogen and oxygen atoms in total. The zero-order chi connectivity index (χ0) is 20.1. The lowest BCUT2D eigenvalue weighted by molar-refractivity contribution is 0.324. The largest absolute Gasteiger partial charge is 0.493 e. The molecule has 2 N–H and O–H groups in total. The van der Waals surface area contributed by atoms with Crippen molar-refractivity contribution >= 4 is 23.0 Å². The first-order valence-corrected chi connectivity index (χ1v) is 8.48. The number of hydrogen-bond donors (Lipinski definition) is 2. The van der Waals surface area contributed by atoms with Crippen molar-refractivity contribution < 1.29 is 18.6 Å². The molecule has 0 unspecified atom stereocenters. The van der Waals surface area contributed by atoms with Crippen molar-refractivity contribution in [3.8, 4) is 17.2 Å². The third-order valence-electron chi connectivity index (χ3n) is 3.91. The van der Waals surface area contributed by atoms with Crippen LogP contribution in [0.3, 0.4) is 0 Å². The van der Waals surface area contributed by atoms with Crippen molar-refractivity contribution in [2.75, 3.05) is 32.0 Å². The van der Waals surface area contributed by atoms with Crippen molar-refractivity contribution in [3.05, 3.63) is 54.1 Å². The summed E-state index contributed by atoms with van der Waals surface area (Å²) in [4.78, 5) is 8.69. The number of ether oxygens (including phenoxy) is 3. The summed E-state index contributed by atoms with van der Waals surface area (Å²) in [6.45, 7) is 1.76. The Balaban J connectivity index is 1.91. The standard InChI is InChI=1S/C20H21FN4O3/c1-12-22-18(11-19(23-12)25-15-8-6-5-7-14(15)21)24-13-9-16(26-2)20(28-4)17(10-13)27-3/h5-11H,1-4H3,(H2,22,23,24,25). The number of para-hydroxylation sites is 1. The zero-order valence-electron chi connectivity index (χ0n) is 16.0. The molecule has 0 radical (unpaired) electrons. The van der Waals surface area contributed by atoms with Gasteiger partial charge in [0.15, 0.2) is 11.5 Å². The lowest BCUT2D eigenvalue weighted by atomic mass is 10.2. The van der Waals surface area contributed by atoms with Crippen LogP contribution in [-0.4, -0.2) is 31.3 Å². The van der Waals surface area contributed by atoms with Gasteiger partial charge in [-0.2, -0.15) is 0 Å². The summed E-state index contributed by atoms with van der Waals surface area (Å²) in [6.07, 6.45) is 0. The second kappa shape index (κ2) is 8.43. The van der Waals surface area contributed by atoms with Gasteiger partial charge in [-0.05, 0) is 19.1 Å². The summed E-state index contributed by atoms with van der Waals surface area (Å²) in [7, 11) is 4.64. The Morgan fingerprint density at radius 2 is 1.43 bits per heavy atom. The van der Waals surface area contributed by atoms with Gasteiger partial charge in [-0.15, -0.1) is 0 Å². The second-order valence-corrected chi connectivity index (χ2v) is 5.83. The van der Waals surface area contributed by atoms with Crippen molar-refractivity contribution in [3.63, 3.8) is 0 Å². The number of benzene rings is 2. The minimum absolute atomic E-state index is 0.333. The van der Waals surface area contributed by atoms with Crippen LogP contribution in [0.4, 0.5) is 27.4 Å². The van der Waals surface area contributed by atoms with E-state index in [9.17, 15) is 4.39 Å². The molecule has 0 amide bonds. The number of halogens is 1. The molecule has 146 valence electrons. The molecule has 0 aliphatic heterocycles. The molecule has 2 aromatic carbocycles. The molecular formula is C20H21FN4O3. The Hall–Kier alpha value is -3.55. The van der Waals surface area contributed by atoms with Crippen LogP contribution >= 0.6 is 0 Å². The molecule has 0 spiro atoms. The highest BCUT2D eigenvalue weighted by molar-refractivity contribution is 5.68. The summed E-state index contributed by atoms with van der Waals surface area (Å²) in [6, 6.07) is 11.6. The van der Waals surface area contributed by atoms with Gasteiger partial charge >= 0.3 is 0 Å². The van der Waals surface area contributed by atoms with E-state index in [0.29, 0.717) is 46.1 Å². The smallest absolute Gasteiger partial charge is 0.203 e. The molecule has 1 aromatic heterocycles. The van der Waals surface area contributed by atoms with E-state index in [2.05, 4.69) is 20.6 Å². The first kappa shape index (κ1) is 19.2. The fraction of sp³-hybridized carbons (Fsp3) is 0.200. The van der Waals surface area contributed by atoms with E-state index >= 15 is 0 Å². The van der Waals surface area contributed by atoms with E-state index in [0.717, 1.165) is 0 Å². The Morgan fingerprint density at radius 1 is 0.821 bits per heavy atom. The molecule has 28 heavy (non-hydrogen) atoms. The van der Waals surface area contributed by atoms with Gasteiger partial charge in [-0.1, -0.05) is 12.1 Å². The van der Waals surface area contributed by atoms with Gasteiger partial charge in [0.05, 0.1) is 27.0 Å². The lowest BCUT2D eigenvalue weighted by Gasteiger charge is -2.15. The highest BCUT2D eigenvalue weighted by Gasteiger charge is 2.14. The average molecular weight is 384 g/mol. The molecule has 0 saturated heterocycles. The minimum Gasteiger partial charge on any atom is -0.493 e. The van der Waals surface area contributed by atoms with Gasteiger partial charge in [0, 0.05) is 23.9 Å². The third-order valence-corrected chi connectivity index (χ3v) is 3.91. The van der Waals surface area contributed by atoms with Crippen LogP contribution in [-0.2, 0) is 0 Å². The quantitative estimate of drug-likeness (QED) is 0.624.